The van der Waals surface area contributed by atoms with Gasteiger partial charge in [-0.3, -0.25) is 0 Å². The lowest BCUT2D eigenvalue weighted by Crippen LogP contribution is -2.23. The van der Waals surface area contributed by atoms with E-state index in [0.717, 1.165) is 16.7 Å². The minimum absolute atomic E-state index is 0.160. The van der Waals surface area contributed by atoms with Gasteiger partial charge in [-0.1, -0.05) is 66.7 Å². The average Bonchev–Trinajstić information content (AvgIpc) is 2.54. The summed E-state index contributed by atoms with van der Waals surface area (Å²) in [6.07, 6.45) is -1.03. The van der Waals surface area contributed by atoms with Crippen LogP contribution in [0, 0.1) is 6.92 Å². The Morgan fingerprint density at radius 1 is 1.14 bits per heavy atom. The number of ether oxygens (including phenoxy) is 1. The maximum atomic E-state index is 11.8. The molecule has 0 spiro atoms. The van der Waals surface area contributed by atoms with Gasteiger partial charge < -0.3 is 9.84 Å². The van der Waals surface area contributed by atoms with Crippen molar-refractivity contribution in [2.75, 3.05) is 0 Å². The van der Waals surface area contributed by atoms with Crippen LogP contribution >= 0.6 is 0 Å². The van der Waals surface area contributed by atoms with E-state index >= 15 is 0 Å². The Hall–Kier alpha value is -2.39. The number of rotatable bonds is 6. The lowest BCUT2D eigenvalue weighted by molar-refractivity contribution is -0.154. The second-order valence-electron chi connectivity index (χ2n) is 5.28. The molecule has 0 fully saturated rings. The van der Waals surface area contributed by atoms with Crippen molar-refractivity contribution in [3.63, 3.8) is 0 Å². The molecule has 2 aromatic carbocycles. The fourth-order valence-electron chi connectivity index (χ4n) is 2.05. The van der Waals surface area contributed by atoms with Gasteiger partial charge in [0.25, 0.3) is 0 Å². The van der Waals surface area contributed by atoms with Gasteiger partial charge >= 0.3 is 5.97 Å². The fourth-order valence-corrected chi connectivity index (χ4v) is 2.05. The summed E-state index contributed by atoms with van der Waals surface area (Å²) in [5.74, 6) is -0.628. The van der Waals surface area contributed by atoms with Gasteiger partial charge in [0.1, 0.15) is 6.61 Å². The zero-order chi connectivity index (χ0) is 15.9. The molecule has 0 saturated carbocycles. The topological polar surface area (TPSA) is 46.5 Å². The normalized spacial score (nSPS) is 11.7. The van der Waals surface area contributed by atoms with Crippen molar-refractivity contribution in [1.29, 1.82) is 0 Å². The number of benzene rings is 2. The van der Waals surface area contributed by atoms with E-state index in [4.69, 9.17) is 4.74 Å². The number of esters is 1. The summed E-state index contributed by atoms with van der Waals surface area (Å²) in [6, 6.07) is 17.2. The summed E-state index contributed by atoms with van der Waals surface area (Å²) in [5, 5.41) is 9.95. The van der Waals surface area contributed by atoms with Crippen molar-refractivity contribution >= 4 is 11.5 Å². The van der Waals surface area contributed by atoms with Gasteiger partial charge in [-0.15, -0.1) is 0 Å². The van der Waals surface area contributed by atoms with Crippen LogP contribution in [0.25, 0.3) is 5.57 Å². The Morgan fingerprint density at radius 3 is 2.41 bits per heavy atom. The van der Waals surface area contributed by atoms with Crippen LogP contribution in [0.1, 0.15) is 23.1 Å². The van der Waals surface area contributed by atoms with Crippen molar-refractivity contribution in [1.82, 2.24) is 0 Å². The number of carbonyl (C=O) groups is 1. The SMILES string of the molecule is C=C(C[C@H](O)C(=O)OCc1ccccc1)c1ccc(C)cc1. The summed E-state index contributed by atoms with van der Waals surface area (Å²) in [4.78, 5) is 11.8. The van der Waals surface area contributed by atoms with E-state index in [1.807, 2.05) is 61.5 Å². The molecule has 0 saturated heterocycles. The zero-order valence-electron chi connectivity index (χ0n) is 12.7. The van der Waals surface area contributed by atoms with Crippen LogP contribution in [0.3, 0.4) is 0 Å². The molecule has 0 heterocycles. The predicted molar refractivity (Wildman–Crippen MR) is 87.1 cm³/mol. The second-order valence-corrected chi connectivity index (χ2v) is 5.28. The maximum absolute atomic E-state index is 11.8. The lowest BCUT2D eigenvalue weighted by atomic mass is 10.0. The van der Waals surface area contributed by atoms with Gasteiger partial charge in [0, 0.05) is 6.42 Å². The standard InChI is InChI=1S/C19H20O3/c1-14-8-10-17(11-9-14)15(2)12-18(20)19(21)22-13-16-6-4-3-5-7-16/h3-11,18,20H,2,12-13H2,1H3/t18-/m0/s1. The van der Waals surface area contributed by atoms with Crippen LogP contribution in [-0.4, -0.2) is 17.2 Å². The van der Waals surface area contributed by atoms with Gasteiger partial charge in [0.2, 0.25) is 0 Å². The third-order valence-corrected chi connectivity index (χ3v) is 3.40. The Morgan fingerprint density at radius 2 is 1.77 bits per heavy atom. The molecule has 0 aliphatic heterocycles. The number of carbonyl (C=O) groups excluding carboxylic acids is 1. The van der Waals surface area contributed by atoms with Gasteiger partial charge in [-0.2, -0.15) is 0 Å². The first-order valence-electron chi connectivity index (χ1n) is 7.19. The van der Waals surface area contributed by atoms with Crippen molar-refractivity contribution in [3.05, 3.63) is 77.9 Å². The van der Waals surface area contributed by atoms with Crippen molar-refractivity contribution in [3.8, 4) is 0 Å². The molecule has 0 unspecified atom stereocenters. The van der Waals surface area contributed by atoms with E-state index in [-0.39, 0.29) is 13.0 Å². The summed E-state index contributed by atoms with van der Waals surface area (Å²) in [7, 11) is 0. The Balaban J connectivity index is 1.85. The Labute approximate surface area is 130 Å². The molecule has 3 nitrogen and oxygen atoms in total. The molecule has 3 heteroatoms. The predicted octanol–water partition coefficient (Wildman–Crippen LogP) is 3.50. The molecule has 0 aliphatic carbocycles. The first-order valence-corrected chi connectivity index (χ1v) is 7.19. The molecule has 0 aliphatic rings. The van der Waals surface area contributed by atoms with E-state index in [2.05, 4.69) is 6.58 Å². The summed E-state index contributed by atoms with van der Waals surface area (Å²) >= 11 is 0. The number of aryl methyl sites for hydroxylation is 1. The van der Waals surface area contributed by atoms with Gasteiger partial charge in [0.15, 0.2) is 6.10 Å². The first-order chi connectivity index (χ1) is 10.6. The summed E-state index contributed by atoms with van der Waals surface area (Å²) in [5.41, 5.74) is 3.67. The van der Waals surface area contributed by atoms with Gasteiger partial charge in [-0.25, -0.2) is 4.79 Å². The molecule has 1 N–H and O–H groups in total. The Bertz CT molecular complexity index is 629. The van der Waals surface area contributed by atoms with Crippen LogP contribution in [-0.2, 0) is 16.1 Å². The third kappa shape index (κ3) is 4.57. The van der Waals surface area contributed by atoms with Crippen LogP contribution < -0.4 is 0 Å². The smallest absolute Gasteiger partial charge is 0.335 e. The molecule has 0 aromatic heterocycles. The van der Waals surface area contributed by atoms with Crippen molar-refractivity contribution < 1.29 is 14.6 Å². The highest BCUT2D eigenvalue weighted by Crippen LogP contribution is 2.19. The Kier molecular flexibility index (Phi) is 5.50. The molecule has 22 heavy (non-hydrogen) atoms. The number of hydrogen-bond acceptors (Lipinski definition) is 3. The number of hydrogen-bond donors (Lipinski definition) is 1. The van der Waals surface area contributed by atoms with Crippen molar-refractivity contribution in [2.24, 2.45) is 0 Å². The lowest BCUT2D eigenvalue weighted by Gasteiger charge is -2.13. The molecule has 0 amide bonds. The highest BCUT2D eigenvalue weighted by Gasteiger charge is 2.18. The van der Waals surface area contributed by atoms with Gasteiger partial charge in [-0.05, 0) is 23.6 Å². The molecule has 114 valence electrons. The number of aliphatic hydroxyl groups is 1. The minimum Gasteiger partial charge on any atom is -0.459 e. The monoisotopic (exact) mass is 296 g/mol. The van der Waals surface area contributed by atoms with Crippen molar-refractivity contribution in [2.45, 2.75) is 26.1 Å². The molecule has 0 radical (unpaired) electrons. The third-order valence-electron chi connectivity index (χ3n) is 3.40. The van der Waals surface area contributed by atoms with Crippen LogP contribution in [0.2, 0.25) is 0 Å². The molecule has 1 atom stereocenters. The summed E-state index contributed by atoms with van der Waals surface area (Å²) < 4.78 is 5.12. The van der Waals surface area contributed by atoms with Crippen LogP contribution in [0.5, 0.6) is 0 Å². The molecule has 2 rings (SSSR count). The van der Waals surface area contributed by atoms with Crippen LogP contribution in [0.4, 0.5) is 0 Å². The highest BCUT2D eigenvalue weighted by atomic mass is 16.5. The van der Waals surface area contributed by atoms with E-state index < -0.39 is 12.1 Å². The fraction of sp³-hybridized carbons (Fsp3) is 0.211. The van der Waals surface area contributed by atoms with E-state index in [1.165, 1.54) is 0 Å². The number of aliphatic hydroxyl groups excluding tert-OH is 1. The minimum atomic E-state index is -1.20. The molecular weight excluding hydrogens is 276 g/mol. The van der Waals surface area contributed by atoms with Crippen LogP contribution in [0.15, 0.2) is 61.2 Å². The second kappa shape index (κ2) is 7.57. The zero-order valence-corrected chi connectivity index (χ0v) is 12.7. The largest absolute Gasteiger partial charge is 0.459 e. The van der Waals surface area contributed by atoms with Gasteiger partial charge in [0.05, 0.1) is 0 Å². The highest BCUT2D eigenvalue weighted by molar-refractivity contribution is 5.78. The molecular formula is C19H20O3. The first kappa shape index (κ1) is 16.0. The maximum Gasteiger partial charge on any atom is 0.335 e. The average molecular weight is 296 g/mol. The molecule has 2 aromatic rings. The van der Waals surface area contributed by atoms with E-state index in [9.17, 15) is 9.90 Å². The quantitative estimate of drug-likeness (QED) is 0.830. The summed E-state index contributed by atoms with van der Waals surface area (Å²) in [6.45, 7) is 6.09. The van der Waals surface area contributed by atoms with E-state index in [1.54, 1.807) is 0 Å². The van der Waals surface area contributed by atoms with E-state index in [0.29, 0.717) is 5.57 Å². The molecule has 0 bridgehead atoms.